The SMILES string of the molecule is O=C1COCC(=O)N1Cc1cc(C#CCCO)ccc1F. The summed E-state index contributed by atoms with van der Waals surface area (Å²) in [5.74, 6) is 4.04. The van der Waals surface area contributed by atoms with E-state index in [2.05, 4.69) is 11.8 Å². The van der Waals surface area contributed by atoms with E-state index in [0.29, 0.717) is 12.0 Å². The van der Waals surface area contributed by atoms with Gasteiger partial charge in [-0.15, -0.1) is 0 Å². The van der Waals surface area contributed by atoms with E-state index in [9.17, 15) is 14.0 Å². The molecule has 0 spiro atoms. The Morgan fingerprint density at radius 1 is 1.29 bits per heavy atom. The van der Waals surface area contributed by atoms with Crippen LogP contribution in [0.5, 0.6) is 0 Å². The van der Waals surface area contributed by atoms with E-state index in [0.717, 1.165) is 4.90 Å². The number of hydrogen-bond donors (Lipinski definition) is 1. The lowest BCUT2D eigenvalue weighted by Crippen LogP contribution is -2.45. The van der Waals surface area contributed by atoms with E-state index in [4.69, 9.17) is 9.84 Å². The molecule has 2 amide bonds. The number of halogens is 1. The standard InChI is InChI=1S/C15H14FNO4/c16-13-5-4-11(3-1-2-6-18)7-12(13)8-17-14(19)9-21-10-15(17)20/h4-5,7,18H,2,6,8-10H2. The monoisotopic (exact) mass is 291 g/mol. The van der Waals surface area contributed by atoms with Crippen molar-refractivity contribution in [3.63, 3.8) is 0 Å². The second-order valence-electron chi connectivity index (χ2n) is 4.45. The van der Waals surface area contributed by atoms with Crippen molar-refractivity contribution in [1.29, 1.82) is 0 Å². The van der Waals surface area contributed by atoms with Gasteiger partial charge in [-0.1, -0.05) is 11.8 Å². The summed E-state index contributed by atoms with van der Waals surface area (Å²) in [6.45, 7) is -0.535. The summed E-state index contributed by atoms with van der Waals surface area (Å²) >= 11 is 0. The Bertz CT molecular complexity index is 602. The van der Waals surface area contributed by atoms with Crippen molar-refractivity contribution in [3.05, 3.63) is 35.1 Å². The van der Waals surface area contributed by atoms with E-state index >= 15 is 0 Å². The summed E-state index contributed by atoms with van der Waals surface area (Å²) < 4.78 is 18.6. The fourth-order valence-electron chi connectivity index (χ4n) is 1.86. The second kappa shape index (κ2) is 6.97. The Balaban J connectivity index is 2.19. The number of imide groups is 1. The zero-order chi connectivity index (χ0) is 15.2. The molecule has 1 aliphatic heterocycles. The number of nitrogens with zero attached hydrogens (tertiary/aromatic N) is 1. The third-order valence-corrected chi connectivity index (χ3v) is 2.90. The van der Waals surface area contributed by atoms with Crippen LogP contribution in [-0.2, 0) is 20.9 Å². The van der Waals surface area contributed by atoms with Crippen LogP contribution in [0.2, 0.25) is 0 Å². The van der Waals surface area contributed by atoms with Gasteiger partial charge in [0, 0.05) is 17.5 Å². The number of amides is 2. The molecule has 5 nitrogen and oxygen atoms in total. The summed E-state index contributed by atoms with van der Waals surface area (Å²) in [5.41, 5.74) is 0.780. The van der Waals surface area contributed by atoms with Gasteiger partial charge in [-0.3, -0.25) is 14.5 Å². The van der Waals surface area contributed by atoms with Crippen LogP contribution in [0.25, 0.3) is 0 Å². The molecule has 110 valence electrons. The molecule has 1 N–H and O–H groups in total. The molecule has 1 aliphatic rings. The molecule has 0 unspecified atom stereocenters. The maximum Gasteiger partial charge on any atom is 0.255 e. The zero-order valence-electron chi connectivity index (χ0n) is 11.3. The molecule has 2 rings (SSSR count). The Morgan fingerprint density at radius 2 is 2.00 bits per heavy atom. The second-order valence-corrected chi connectivity index (χ2v) is 4.45. The predicted molar refractivity (Wildman–Crippen MR) is 71.4 cm³/mol. The van der Waals surface area contributed by atoms with Crippen molar-refractivity contribution in [3.8, 4) is 11.8 Å². The van der Waals surface area contributed by atoms with Gasteiger partial charge < -0.3 is 9.84 Å². The number of hydrogen-bond acceptors (Lipinski definition) is 4. The molecule has 6 heteroatoms. The van der Waals surface area contributed by atoms with Crippen molar-refractivity contribution in [2.45, 2.75) is 13.0 Å². The lowest BCUT2D eigenvalue weighted by Gasteiger charge is -2.25. The van der Waals surface area contributed by atoms with Crippen LogP contribution >= 0.6 is 0 Å². The fourth-order valence-corrected chi connectivity index (χ4v) is 1.86. The molecule has 0 atom stereocenters. The average molecular weight is 291 g/mol. The lowest BCUT2D eigenvalue weighted by atomic mass is 10.1. The molecule has 21 heavy (non-hydrogen) atoms. The van der Waals surface area contributed by atoms with Gasteiger partial charge in [-0.25, -0.2) is 4.39 Å². The van der Waals surface area contributed by atoms with Crippen LogP contribution in [-0.4, -0.2) is 41.6 Å². The molecule has 0 saturated carbocycles. The Kier molecular flexibility index (Phi) is 5.04. The highest BCUT2D eigenvalue weighted by atomic mass is 19.1. The summed E-state index contributed by atoms with van der Waals surface area (Å²) in [4.78, 5) is 24.2. The first-order chi connectivity index (χ1) is 10.1. The fraction of sp³-hybridized carbons (Fsp3) is 0.333. The zero-order valence-corrected chi connectivity index (χ0v) is 11.3. The van der Waals surface area contributed by atoms with Gasteiger partial charge in [0.1, 0.15) is 19.0 Å². The summed E-state index contributed by atoms with van der Waals surface area (Å²) in [6.07, 6.45) is 0.327. The smallest absolute Gasteiger partial charge is 0.255 e. The minimum Gasteiger partial charge on any atom is -0.395 e. The molecule has 1 heterocycles. The highest BCUT2D eigenvalue weighted by Gasteiger charge is 2.27. The number of aliphatic hydroxyl groups excluding tert-OH is 1. The Hall–Kier alpha value is -2.23. The minimum absolute atomic E-state index is 0.0438. The molecule has 1 aromatic carbocycles. The summed E-state index contributed by atoms with van der Waals surface area (Å²) in [7, 11) is 0. The van der Waals surface area contributed by atoms with E-state index in [-0.39, 0.29) is 31.9 Å². The molecule has 0 radical (unpaired) electrons. The number of ether oxygens (including phenoxy) is 1. The van der Waals surface area contributed by atoms with Gasteiger partial charge in [-0.2, -0.15) is 0 Å². The van der Waals surface area contributed by atoms with Gasteiger partial charge in [0.25, 0.3) is 11.8 Å². The third-order valence-electron chi connectivity index (χ3n) is 2.90. The molecule has 1 saturated heterocycles. The number of carbonyl (C=O) groups is 2. The third kappa shape index (κ3) is 3.88. The van der Waals surface area contributed by atoms with Gasteiger partial charge >= 0.3 is 0 Å². The van der Waals surface area contributed by atoms with E-state index in [1.54, 1.807) is 0 Å². The normalized spacial score (nSPS) is 14.9. The van der Waals surface area contributed by atoms with Crippen LogP contribution in [0, 0.1) is 17.7 Å². The number of benzene rings is 1. The number of aliphatic hydroxyl groups is 1. The van der Waals surface area contributed by atoms with Crippen LogP contribution < -0.4 is 0 Å². The maximum absolute atomic E-state index is 13.8. The largest absolute Gasteiger partial charge is 0.395 e. The molecular formula is C15H14FNO4. The lowest BCUT2D eigenvalue weighted by molar-refractivity contribution is -0.159. The van der Waals surface area contributed by atoms with Gasteiger partial charge in [-0.05, 0) is 18.2 Å². The van der Waals surface area contributed by atoms with E-state index in [1.807, 2.05) is 0 Å². The molecular weight excluding hydrogens is 277 g/mol. The van der Waals surface area contributed by atoms with Crippen LogP contribution in [0.15, 0.2) is 18.2 Å². The van der Waals surface area contributed by atoms with Crippen LogP contribution in [0.1, 0.15) is 17.5 Å². The minimum atomic E-state index is -0.505. The molecule has 0 aliphatic carbocycles. The van der Waals surface area contributed by atoms with Crippen molar-refractivity contribution < 1.29 is 23.8 Å². The number of carbonyl (C=O) groups excluding carboxylic acids is 2. The first-order valence-electron chi connectivity index (χ1n) is 6.41. The molecule has 0 bridgehead atoms. The number of morpholine rings is 1. The molecule has 0 aromatic heterocycles. The molecule has 1 fully saturated rings. The van der Waals surface area contributed by atoms with Crippen molar-refractivity contribution in [1.82, 2.24) is 4.90 Å². The highest BCUT2D eigenvalue weighted by Crippen LogP contribution is 2.15. The van der Waals surface area contributed by atoms with Crippen LogP contribution in [0.4, 0.5) is 4.39 Å². The van der Waals surface area contributed by atoms with Gasteiger partial charge in [0.15, 0.2) is 0 Å². The Morgan fingerprint density at radius 3 is 2.67 bits per heavy atom. The quantitative estimate of drug-likeness (QED) is 0.648. The predicted octanol–water partition coefficient (Wildman–Crippen LogP) is 0.445. The Labute approximate surface area is 121 Å². The highest BCUT2D eigenvalue weighted by molar-refractivity contribution is 5.98. The van der Waals surface area contributed by atoms with Gasteiger partial charge in [0.2, 0.25) is 0 Å². The van der Waals surface area contributed by atoms with Crippen LogP contribution in [0.3, 0.4) is 0 Å². The van der Waals surface area contributed by atoms with E-state index in [1.165, 1.54) is 18.2 Å². The first kappa shape index (κ1) is 15.2. The van der Waals surface area contributed by atoms with Crippen molar-refractivity contribution in [2.24, 2.45) is 0 Å². The topological polar surface area (TPSA) is 66.8 Å². The molecule has 1 aromatic rings. The first-order valence-corrected chi connectivity index (χ1v) is 6.41. The maximum atomic E-state index is 13.8. The van der Waals surface area contributed by atoms with Crippen molar-refractivity contribution in [2.75, 3.05) is 19.8 Å². The van der Waals surface area contributed by atoms with E-state index < -0.39 is 17.6 Å². The summed E-state index contributed by atoms with van der Waals surface area (Å²) in [6, 6.07) is 4.25. The number of rotatable bonds is 3. The summed E-state index contributed by atoms with van der Waals surface area (Å²) in [5, 5.41) is 8.66. The van der Waals surface area contributed by atoms with Crippen molar-refractivity contribution >= 4 is 11.8 Å². The average Bonchev–Trinajstić information content (AvgIpc) is 2.46. The van der Waals surface area contributed by atoms with Gasteiger partial charge in [0.05, 0.1) is 13.2 Å².